The molecule has 0 saturated carbocycles. The highest BCUT2D eigenvalue weighted by Gasteiger charge is 2.21. The van der Waals surface area contributed by atoms with Crippen LogP contribution in [0.1, 0.15) is 83.1 Å². The van der Waals surface area contributed by atoms with E-state index in [-0.39, 0.29) is 17.1 Å². The highest BCUT2D eigenvalue weighted by molar-refractivity contribution is 5.94. The van der Waals surface area contributed by atoms with E-state index in [2.05, 4.69) is 52.9 Å². The lowest BCUT2D eigenvalue weighted by molar-refractivity contribution is 0.0941. The number of nitrogens with one attached hydrogen (secondary N) is 1. The Bertz CT molecular complexity index is 905. The van der Waals surface area contributed by atoms with Crippen molar-refractivity contribution in [3.05, 3.63) is 53.6 Å². The van der Waals surface area contributed by atoms with Crippen LogP contribution in [-0.4, -0.2) is 30.8 Å². The Labute approximate surface area is 199 Å². The van der Waals surface area contributed by atoms with Gasteiger partial charge in [0.1, 0.15) is 28.5 Å². The zero-order valence-electron chi connectivity index (χ0n) is 21.4. The predicted molar refractivity (Wildman–Crippen MR) is 135 cm³/mol. The second-order valence-electron chi connectivity index (χ2n) is 9.65. The number of hydrogen-bond acceptors (Lipinski definition) is 4. The van der Waals surface area contributed by atoms with E-state index in [9.17, 15) is 4.79 Å². The Morgan fingerprint density at radius 2 is 1.58 bits per heavy atom. The molecule has 5 nitrogen and oxygen atoms in total. The molecule has 2 aromatic carbocycles. The van der Waals surface area contributed by atoms with Crippen molar-refractivity contribution in [2.75, 3.05) is 13.7 Å². The first-order valence-electron chi connectivity index (χ1n) is 12.0. The molecule has 0 saturated heterocycles. The van der Waals surface area contributed by atoms with Gasteiger partial charge in [0.15, 0.2) is 0 Å². The van der Waals surface area contributed by atoms with E-state index in [1.54, 1.807) is 19.2 Å². The SMILES string of the molecule is CCC(C)(C)Oc1ccc(CCCCNC(=O)c2cccc(OC)c2)c(OC(C)(C)CC)c1. The summed E-state index contributed by atoms with van der Waals surface area (Å²) in [6.45, 7) is 13.3. The van der Waals surface area contributed by atoms with E-state index in [1.807, 2.05) is 24.3 Å². The number of ether oxygens (including phenoxy) is 3. The van der Waals surface area contributed by atoms with Crippen LogP contribution in [0.25, 0.3) is 0 Å². The van der Waals surface area contributed by atoms with E-state index >= 15 is 0 Å². The molecule has 1 amide bonds. The zero-order chi connectivity index (χ0) is 24.5. The maximum absolute atomic E-state index is 12.4. The fourth-order valence-corrected chi connectivity index (χ4v) is 3.17. The van der Waals surface area contributed by atoms with Crippen molar-refractivity contribution >= 4 is 5.91 Å². The zero-order valence-corrected chi connectivity index (χ0v) is 21.4. The van der Waals surface area contributed by atoms with Crippen LogP contribution in [-0.2, 0) is 6.42 Å². The first-order chi connectivity index (χ1) is 15.6. The Hall–Kier alpha value is -2.69. The molecule has 0 aliphatic heterocycles. The molecule has 0 atom stereocenters. The molecule has 2 aromatic rings. The number of hydrogen-bond donors (Lipinski definition) is 1. The molecular formula is C28H41NO4. The van der Waals surface area contributed by atoms with Crippen LogP contribution in [0.4, 0.5) is 0 Å². The number of aryl methyl sites for hydroxylation is 1. The summed E-state index contributed by atoms with van der Waals surface area (Å²) in [5, 5.41) is 2.99. The third-order valence-corrected chi connectivity index (χ3v) is 6.01. The Morgan fingerprint density at radius 3 is 2.24 bits per heavy atom. The van der Waals surface area contributed by atoms with Gasteiger partial charge in [-0.2, -0.15) is 0 Å². The summed E-state index contributed by atoms with van der Waals surface area (Å²) in [6.07, 6.45) is 4.54. The summed E-state index contributed by atoms with van der Waals surface area (Å²) in [5.41, 5.74) is 1.30. The third-order valence-electron chi connectivity index (χ3n) is 6.01. The monoisotopic (exact) mass is 455 g/mol. The lowest BCUT2D eigenvalue weighted by Gasteiger charge is -2.29. The number of carbonyl (C=O) groups excluding carboxylic acids is 1. The van der Waals surface area contributed by atoms with Crippen molar-refractivity contribution in [2.45, 2.75) is 84.8 Å². The average molecular weight is 456 g/mol. The highest BCUT2D eigenvalue weighted by Crippen LogP contribution is 2.32. The van der Waals surface area contributed by atoms with Crippen LogP contribution >= 0.6 is 0 Å². The summed E-state index contributed by atoms with van der Waals surface area (Å²) in [5.74, 6) is 2.31. The number of benzene rings is 2. The summed E-state index contributed by atoms with van der Waals surface area (Å²) in [7, 11) is 1.60. The van der Waals surface area contributed by atoms with Gasteiger partial charge in [0.05, 0.1) is 7.11 Å². The molecule has 0 unspecified atom stereocenters. The summed E-state index contributed by atoms with van der Waals surface area (Å²) >= 11 is 0. The Morgan fingerprint density at radius 1 is 0.879 bits per heavy atom. The van der Waals surface area contributed by atoms with Gasteiger partial charge >= 0.3 is 0 Å². The molecule has 0 fully saturated rings. The van der Waals surface area contributed by atoms with Gasteiger partial charge < -0.3 is 19.5 Å². The van der Waals surface area contributed by atoms with E-state index in [4.69, 9.17) is 14.2 Å². The van der Waals surface area contributed by atoms with E-state index < -0.39 is 0 Å². The molecule has 5 heteroatoms. The van der Waals surface area contributed by atoms with Gasteiger partial charge in [0.25, 0.3) is 5.91 Å². The van der Waals surface area contributed by atoms with Crippen molar-refractivity contribution < 1.29 is 19.0 Å². The number of rotatable bonds is 13. The van der Waals surface area contributed by atoms with Crippen molar-refractivity contribution in [1.82, 2.24) is 5.32 Å². The second kappa shape index (κ2) is 12.0. The van der Waals surface area contributed by atoms with E-state index in [0.717, 1.165) is 49.2 Å². The molecular weight excluding hydrogens is 414 g/mol. The van der Waals surface area contributed by atoms with Crippen LogP contribution < -0.4 is 19.5 Å². The summed E-state index contributed by atoms with van der Waals surface area (Å²) in [6, 6.07) is 13.4. The van der Waals surface area contributed by atoms with Gasteiger partial charge in [-0.1, -0.05) is 26.0 Å². The largest absolute Gasteiger partial charge is 0.497 e. The third kappa shape index (κ3) is 8.64. The fraction of sp³-hybridized carbons (Fsp3) is 0.536. The minimum atomic E-state index is -0.252. The van der Waals surface area contributed by atoms with Crippen LogP contribution in [0.15, 0.2) is 42.5 Å². The molecule has 33 heavy (non-hydrogen) atoms. The Balaban J connectivity index is 1.97. The van der Waals surface area contributed by atoms with Crippen molar-refractivity contribution in [3.8, 4) is 17.2 Å². The second-order valence-corrected chi connectivity index (χ2v) is 9.65. The average Bonchev–Trinajstić information content (AvgIpc) is 2.79. The van der Waals surface area contributed by atoms with E-state index in [0.29, 0.717) is 17.9 Å². The lowest BCUT2D eigenvalue weighted by Crippen LogP contribution is -2.28. The van der Waals surface area contributed by atoms with Crippen molar-refractivity contribution in [3.63, 3.8) is 0 Å². The molecule has 2 rings (SSSR count). The molecule has 0 aromatic heterocycles. The Kier molecular flexibility index (Phi) is 9.63. The standard InChI is InChI=1S/C28H41NO4/c1-8-27(3,4)32-24-17-16-21(25(20-24)33-28(5,6)9-2)13-10-11-18-29-26(30)22-14-12-15-23(19-22)31-7/h12,14-17,19-20H,8-11,13,18H2,1-7H3,(H,29,30). The van der Waals surface area contributed by atoms with Gasteiger partial charge in [-0.05, 0) is 89.6 Å². The first-order valence-corrected chi connectivity index (χ1v) is 12.0. The number of methoxy groups -OCH3 is 1. The van der Waals surface area contributed by atoms with E-state index in [1.165, 1.54) is 0 Å². The first kappa shape index (κ1) is 26.6. The van der Waals surface area contributed by atoms with Crippen LogP contribution in [0, 0.1) is 0 Å². The molecule has 0 bridgehead atoms. The maximum atomic E-state index is 12.4. The van der Waals surface area contributed by atoms with Crippen LogP contribution in [0.3, 0.4) is 0 Å². The normalized spacial score (nSPS) is 11.7. The number of carbonyl (C=O) groups is 1. The topological polar surface area (TPSA) is 56.8 Å². The van der Waals surface area contributed by atoms with Gasteiger partial charge in [-0.15, -0.1) is 0 Å². The molecule has 0 heterocycles. The number of amides is 1. The molecule has 1 N–H and O–H groups in total. The fourth-order valence-electron chi connectivity index (χ4n) is 3.17. The van der Waals surface area contributed by atoms with Crippen LogP contribution in [0.2, 0.25) is 0 Å². The van der Waals surface area contributed by atoms with Crippen molar-refractivity contribution in [2.24, 2.45) is 0 Å². The molecule has 0 aliphatic carbocycles. The molecule has 0 spiro atoms. The smallest absolute Gasteiger partial charge is 0.251 e. The summed E-state index contributed by atoms with van der Waals surface area (Å²) in [4.78, 5) is 12.4. The number of unbranched alkanes of at least 4 members (excludes halogenated alkanes) is 1. The predicted octanol–water partition coefficient (Wildman–Crippen LogP) is 6.58. The van der Waals surface area contributed by atoms with Crippen molar-refractivity contribution in [1.29, 1.82) is 0 Å². The maximum Gasteiger partial charge on any atom is 0.251 e. The molecule has 0 aliphatic rings. The summed E-state index contributed by atoms with van der Waals surface area (Å²) < 4.78 is 17.8. The molecule has 0 radical (unpaired) electrons. The minimum absolute atomic E-state index is 0.0809. The van der Waals surface area contributed by atoms with Gasteiger partial charge in [0.2, 0.25) is 0 Å². The van der Waals surface area contributed by atoms with Gasteiger partial charge in [0, 0.05) is 18.2 Å². The van der Waals surface area contributed by atoms with Gasteiger partial charge in [-0.3, -0.25) is 4.79 Å². The minimum Gasteiger partial charge on any atom is -0.497 e. The van der Waals surface area contributed by atoms with Gasteiger partial charge in [-0.25, -0.2) is 0 Å². The molecule has 182 valence electrons. The van der Waals surface area contributed by atoms with Crippen LogP contribution in [0.5, 0.6) is 17.2 Å². The highest BCUT2D eigenvalue weighted by atomic mass is 16.5. The lowest BCUT2D eigenvalue weighted by atomic mass is 10.0. The quantitative estimate of drug-likeness (QED) is 0.347.